The van der Waals surface area contributed by atoms with Crippen molar-refractivity contribution >= 4 is 5.91 Å². The van der Waals surface area contributed by atoms with E-state index in [9.17, 15) is 4.79 Å². The summed E-state index contributed by atoms with van der Waals surface area (Å²) in [5.74, 6) is 1.43. The number of piperazine rings is 1. The van der Waals surface area contributed by atoms with E-state index in [1.165, 1.54) is 0 Å². The quantitative estimate of drug-likeness (QED) is 0.828. The molecule has 6 nitrogen and oxygen atoms in total. The molecule has 2 fully saturated rings. The molecule has 0 aromatic carbocycles. The number of aryl methyl sites for hydroxylation is 1. The topological polar surface area (TPSA) is 52.6 Å². The van der Waals surface area contributed by atoms with Crippen molar-refractivity contribution in [1.29, 1.82) is 0 Å². The Bertz CT molecular complexity index is 583. The summed E-state index contributed by atoms with van der Waals surface area (Å²) >= 11 is 0. The van der Waals surface area contributed by atoms with Crippen LogP contribution in [0.15, 0.2) is 12.3 Å². The van der Waals surface area contributed by atoms with Gasteiger partial charge in [-0.3, -0.25) is 14.6 Å². The molecule has 0 spiro atoms. The number of nitrogens with zero attached hydrogens (tertiary/aromatic N) is 5. The van der Waals surface area contributed by atoms with Crippen molar-refractivity contribution in [2.75, 3.05) is 45.8 Å². The van der Waals surface area contributed by atoms with Crippen molar-refractivity contribution in [3.8, 4) is 0 Å². The average molecular weight is 345 g/mol. The Balaban J connectivity index is 1.52. The molecule has 2 aliphatic heterocycles. The number of carbonyl (C=O) groups is 1. The molecule has 2 saturated heterocycles. The predicted octanol–water partition coefficient (Wildman–Crippen LogP) is 1.52. The van der Waals surface area contributed by atoms with Crippen LogP contribution < -0.4 is 0 Å². The number of rotatable bonds is 4. The van der Waals surface area contributed by atoms with E-state index in [0.717, 1.165) is 63.6 Å². The molecule has 2 aliphatic rings. The van der Waals surface area contributed by atoms with Gasteiger partial charge in [-0.1, -0.05) is 0 Å². The molecule has 0 N–H and O–H groups in total. The van der Waals surface area contributed by atoms with Gasteiger partial charge in [0, 0.05) is 63.1 Å². The SMILES string of the molecule is Cc1nccc([C@@H]2CCCN(C(=O)CN3CCN(C(C)C)CC3)C2)n1. The van der Waals surface area contributed by atoms with Gasteiger partial charge in [-0.2, -0.15) is 0 Å². The molecule has 1 atom stereocenters. The zero-order valence-corrected chi connectivity index (χ0v) is 15.8. The molecule has 0 aliphatic carbocycles. The molecule has 25 heavy (non-hydrogen) atoms. The highest BCUT2D eigenvalue weighted by molar-refractivity contribution is 5.78. The molecule has 3 rings (SSSR count). The maximum absolute atomic E-state index is 12.8. The Labute approximate surface area is 151 Å². The van der Waals surface area contributed by atoms with Gasteiger partial charge in [0.05, 0.1) is 6.54 Å². The minimum atomic E-state index is 0.272. The molecular weight excluding hydrogens is 314 g/mol. The lowest BCUT2D eigenvalue weighted by atomic mass is 9.94. The molecular formula is C19H31N5O. The van der Waals surface area contributed by atoms with Crippen LogP contribution in [0, 0.1) is 6.92 Å². The van der Waals surface area contributed by atoms with Gasteiger partial charge in [-0.05, 0) is 39.7 Å². The lowest BCUT2D eigenvalue weighted by molar-refractivity contribution is -0.134. The van der Waals surface area contributed by atoms with Gasteiger partial charge in [0.25, 0.3) is 0 Å². The van der Waals surface area contributed by atoms with Crippen molar-refractivity contribution in [3.05, 3.63) is 23.8 Å². The maximum Gasteiger partial charge on any atom is 0.236 e. The molecule has 138 valence electrons. The number of piperidine rings is 1. The van der Waals surface area contributed by atoms with E-state index in [4.69, 9.17) is 0 Å². The van der Waals surface area contributed by atoms with Gasteiger partial charge in [0.1, 0.15) is 5.82 Å². The molecule has 1 amide bonds. The van der Waals surface area contributed by atoms with Crippen molar-refractivity contribution < 1.29 is 4.79 Å². The van der Waals surface area contributed by atoms with Gasteiger partial charge in [0.15, 0.2) is 0 Å². The van der Waals surface area contributed by atoms with E-state index in [2.05, 4.69) is 33.6 Å². The molecule has 6 heteroatoms. The highest BCUT2D eigenvalue weighted by atomic mass is 16.2. The van der Waals surface area contributed by atoms with Crippen LogP contribution in [-0.4, -0.2) is 82.4 Å². The van der Waals surface area contributed by atoms with E-state index < -0.39 is 0 Å². The number of hydrogen-bond donors (Lipinski definition) is 0. The fourth-order valence-electron chi connectivity index (χ4n) is 3.88. The number of carbonyl (C=O) groups excluding carboxylic acids is 1. The summed E-state index contributed by atoms with van der Waals surface area (Å²) in [4.78, 5) is 28.3. The number of aromatic nitrogens is 2. The van der Waals surface area contributed by atoms with Gasteiger partial charge in [-0.15, -0.1) is 0 Å². The average Bonchev–Trinajstić information content (AvgIpc) is 2.62. The van der Waals surface area contributed by atoms with E-state index in [1.54, 1.807) is 0 Å². The Morgan fingerprint density at radius 3 is 2.68 bits per heavy atom. The summed E-state index contributed by atoms with van der Waals surface area (Å²) in [6, 6.07) is 2.59. The monoisotopic (exact) mass is 345 g/mol. The van der Waals surface area contributed by atoms with E-state index >= 15 is 0 Å². The Kier molecular flexibility index (Phi) is 6.02. The second-order valence-electron chi connectivity index (χ2n) is 7.61. The Morgan fingerprint density at radius 1 is 1.24 bits per heavy atom. The van der Waals surface area contributed by atoms with Crippen LogP contribution in [0.1, 0.15) is 44.1 Å². The standard InChI is InChI=1S/C19H31N5O/c1-15(2)23-11-9-22(10-12-23)14-19(25)24-8-4-5-17(13-24)18-6-7-20-16(3)21-18/h6-7,15,17H,4-5,8-14H2,1-3H3/t17-/m1/s1. The van der Waals surface area contributed by atoms with Crippen LogP contribution in [0.25, 0.3) is 0 Å². The van der Waals surface area contributed by atoms with Crippen LogP contribution >= 0.6 is 0 Å². The van der Waals surface area contributed by atoms with E-state index in [0.29, 0.717) is 18.5 Å². The summed E-state index contributed by atoms with van der Waals surface area (Å²) in [7, 11) is 0. The minimum absolute atomic E-state index is 0.272. The first-order chi connectivity index (χ1) is 12.0. The zero-order valence-electron chi connectivity index (χ0n) is 15.8. The first-order valence-corrected chi connectivity index (χ1v) is 9.56. The maximum atomic E-state index is 12.8. The summed E-state index contributed by atoms with van der Waals surface area (Å²) < 4.78 is 0. The first-order valence-electron chi connectivity index (χ1n) is 9.56. The normalized spacial score (nSPS) is 23.2. The Hall–Kier alpha value is -1.53. The van der Waals surface area contributed by atoms with Crippen molar-refractivity contribution in [2.45, 2.75) is 45.6 Å². The third kappa shape index (κ3) is 4.76. The minimum Gasteiger partial charge on any atom is -0.341 e. The van der Waals surface area contributed by atoms with E-state index in [1.807, 2.05) is 24.1 Å². The fraction of sp³-hybridized carbons (Fsp3) is 0.737. The van der Waals surface area contributed by atoms with Crippen molar-refractivity contribution in [1.82, 2.24) is 24.7 Å². The highest BCUT2D eigenvalue weighted by Crippen LogP contribution is 2.25. The molecule has 1 aromatic rings. The highest BCUT2D eigenvalue weighted by Gasteiger charge is 2.28. The molecule has 3 heterocycles. The van der Waals surface area contributed by atoms with Crippen LogP contribution in [0.4, 0.5) is 0 Å². The predicted molar refractivity (Wildman–Crippen MR) is 98.5 cm³/mol. The molecule has 0 bridgehead atoms. The fourth-order valence-corrected chi connectivity index (χ4v) is 3.88. The smallest absolute Gasteiger partial charge is 0.236 e. The van der Waals surface area contributed by atoms with Crippen LogP contribution in [0.5, 0.6) is 0 Å². The first kappa shape index (κ1) is 18.3. The van der Waals surface area contributed by atoms with Crippen molar-refractivity contribution in [3.63, 3.8) is 0 Å². The molecule has 0 saturated carbocycles. The Morgan fingerprint density at radius 2 is 2.00 bits per heavy atom. The lowest BCUT2D eigenvalue weighted by Crippen LogP contribution is -2.52. The third-order valence-electron chi connectivity index (χ3n) is 5.49. The third-order valence-corrected chi connectivity index (χ3v) is 5.49. The van der Waals surface area contributed by atoms with Gasteiger partial charge >= 0.3 is 0 Å². The van der Waals surface area contributed by atoms with Gasteiger partial charge < -0.3 is 4.90 Å². The zero-order chi connectivity index (χ0) is 17.8. The molecule has 0 unspecified atom stereocenters. The number of likely N-dealkylation sites (tertiary alicyclic amines) is 1. The summed E-state index contributed by atoms with van der Waals surface area (Å²) in [6.45, 7) is 12.7. The second-order valence-corrected chi connectivity index (χ2v) is 7.61. The summed E-state index contributed by atoms with van der Waals surface area (Å²) in [5, 5.41) is 0. The van der Waals surface area contributed by atoms with Crippen LogP contribution in [-0.2, 0) is 4.79 Å². The summed E-state index contributed by atoms with van der Waals surface area (Å²) in [6.07, 6.45) is 3.99. The van der Waals surface area contributed by atoms with E-state index in [-0.39, 0.29) is 5.91 Å². The van der Waals surface area contributed by atoms with Crippen LogP contribution in [0.3, 0.4) is 0 Å². The number of hydrogen-bond acceptors (Lipinski definition) is 5. The van der Waals surface area contributed by atoms with Gasteiger partial charge in [0.2, 0.25) is 5.91 Å². The molecule has 0 radical (unpaired) electrons. The van der Waals surface area contributed by atoms with Gasteiger partial charge in [-0.25, -0.2) is 9.97 Å². The molecule has 1 aromatic heterocycles. The van der Waals surface area contributed by atoms with Crippen molar-refractivity contribution in [2.24, 2.45) is 0 Å². The lowest BCUT2D eigenvalue weighted by Gasteiger charge is -2.38. The second kappa shape index (κ2) is 8.23. The number of amides is 1. The van der Waals surface area contributed by atoms with Crippen LogP contribution in [0.2, 0.25) is 0 Å². The summed E-state index contributed by atoms with van der Waals surface area (Å²) in [5.41, 5.74) is 1.08. The largest absolute Gasteiger partial charge is 0.341 e.